The van der Waals surface area contributed by atoms with Crippen molar-refractivity contribution in [3.63, 3.8) is 0 Å². The van der Waals surface area contributed by atoms with Crippen LogP contribution >= 0.6 is 11.3 Å². The van der Waals surface area contributed by atoms with E-state index in [2.05, 4.69) is 4.98 Å². The third kappa shape index (κ3) is 2.91. The van der Waals surface area contributed by atoms with Crippen molar-refractivity contribution in [1.29, 1.82) is 0 Å². The van der Waals surface area contributed by atoms with E-state index in [1.807, 2.05) is 24.3 Å². The van der Waals surface area contributed by atoms with E-state index >= 15 is 0 Å². The average Bonchev–Trinajstić information content (AvgIpc) is 2.78. The largest absolute Gasteiger partial charge is 0.497 e. The van der Waals surface area contributed by atoms with Crippen molar-refractivity contribution in [2.24, 2.45) is 0 Å². The van der Waals surface area contributed by atoms with Gasteiger partial charge in [-0.3, -0.25) is 4.79 Å². The number of rotatable bonds is 4. The molecule has 0 atom stereocenters. The van der Waals surface area contributed by atoms with Crippen molar-refractivity contribution in [1.82, 2.24) is 4.98 Å². The number of carbonyl (C=O) groups is 1. The molecule has 1 aromatic heterocycles. The zero-order chi connectivity index (χ0) is 12.3. The number of carbonyl (C=O) groups excluding carboxylic acids is 1. The standard InChI is InChI=1S/C13H13NO2S/c1-9(15)12-8-14-13(17-12)7-10-4-3-5-11(6-10)16-2/h3-6,8H,7H2,1-2H3. The van der Waals surface area contributed by atoms with Gasteiger partial charge in [0, 0.05) is 19.5 Å². The number of ketones is 1. The van der Waals surface area contributed by atoms with E-state index in [1.165, 1.54) is 11.3 Å². The van der Waals surface area contributed by atoms with Gasteiger partial charge in [0.15, 0.2) is 5.78 Å². The predicted octanol–water partition coefficient (Wildman–Crippen LogP) is 2.95. The van der Waals surface area contributed by atoms with Crippen LogP contribution in [0.4, 0.5) is 0 Å². The van der Waals surface area contributed by atoms with Gasteiger partial charge in [-0.05, 0) is 17.7 Å². The highest BCUT2D eigenvalue weighted by molar-refractivity contribution is 7.13. The first-order chi connectivity index (χ1) is 8.19. The van der Waals surface area contributed by atoms with Gasteiger partial charge in [0.2, 0.25) is 0 Å². The van der Waals surface area contributed by atoms with Crippen LogP contribution in [0.2, 0.25) is 0 Å². The topological polar surface area (TPSA) is 39.2 Å². The molecule has 0 aliphatic heterocycles. The van der Waals surface area contributed by atoms with Gasteiger partial charge < -0.3 is 4.74 Å². The smallest absolute Gasteiger partial charge is 0.171 e. The molecule has 0 aliphatic carbocycles. The molecular weight excluding hydrogens is 234 g/mol. The van der Waals surface area contributed by atoms with E-state index in [1.54, 1.807) is 20.2 Å². The molecule has 0 saturated heterocycles. The first kappa shape index (κ1) is 11.8. The van der Waals surface area contributed by atoms with Crippen LogP contribution in [0.25, 0.3) is 0 Å². The van der Waals surface area contributed by atoms with Crippen LogP contribution in [0.5, 0.6) is 5.75 Å². The molecule has 3 nitrogen and oxygen atoms in total. The molecule has 17 heavy (non-hydrogen) atoms. The summed E-state index contributed by atoms with van der Waals surface area (Å²) >= 11 is 1.45. The molecule has 0 radical (unpaired) electrons. The number of hydrogen-bond donors (Lipinski definition) is 0. The van der Waals surface area contributed by atoms with Gasteiger partial charge in [-0.15, -0.1) is 11.3 Å². The molecule has 0 saturated carbocycles. The van der Waals surface area contributed by atoms with Crippen LogP contribution in [-0.4, -0.2) is 17.9 Å². The minimum Gasteiger partial charge on any atom is -0.497 e. The Morgan fingerprint density at radius 2 is 2.29 bits per heavy atom. The molecule has 0 aliphatic rings. The Labute approximate surface area is 104 Å². The summed E-state index contributed by atoms with van der Waals surface area (Å²) in [6.45, 7) is 1.56. The molecule has 0 spiro atoms. The second-order valence-corrected chi connectivity index (χ2v) is 4.82. The molecule has 2 aromatic rings. The van der Waals surface area contributed by atoms with Crippen molar-refractivity contribution in [2.45, 2.75) is 13.3 Å². The second kappa shape index (κ2) is 5.10. The van der Waals surface area contributed by atoms with Crippen LogP contribution in [0.15, 0.2) is 30.5 Å². The summed E-state index contributed by atoms with van der Waals surface area (Å²) in [5, 5.41) is 0.948. The van der Waals surface area contributed by atoms with E-state index in [4.69, 9.17) is 4.74 Å². The van der Waals surface area contributed by atoms with Gasteiger partial charge in [0.25, 0.3) is 0 Å². The zero-order valence-corrected chi connectivity index (χ0v) is 10.6. The number of nitrogens with zero attached hydrogens (tertiary/aromatic N) is 1. The summed E-state index contributed by atoms with van der Waals surface area (Å²) in [5.74, 6) is 0.908. The van der Waals surface area contributed by atoms with E-state index in [0.29, 0.717) is 4.88 Å². The van der Waals surface area contributed by atoms with Crippen molar-refractivity contribution in [3.05, 3.63) is 45.9 Å². The first-order valence-electron chi connectivity index (χ1n) is 5.27. The van der Waals surface area contributed by atoms with E-state index in [-0.39, 0.29) is 5.78 Å². The van der Waals surface area contributed by atoms with Crippen LogP contribution in [-0.2, 0) is 6.42 Å². The molecule has 1 heterocycles. The van der Waals surface area contributed by atoms with Crippen molar-refractivity contribution in [2.75, 3.05) is 7.11 Å². The second-order valence-electron chi connectivity index (χ2n) is 3.70. The van der Waals surface area contributed by atoms with E-state index in [0.717, 1.165) is 22.7 Å². The fourth-order valence-corrected chi connectivity index (χ4v) is 2.36. The number of benzene rings is 1. The minimum absolute atomic E-state index is 0.0689. The monoisotopic (exact) mass is 247 g/mol. The maximum Gasteiger partial charge on any atom is 0.171 e. The minimum atomic E-state index is 0.0689. The lowest BCUT2D eigenvalue weighted by atomic mass is 10.1. The molecule has 0 bridgehead atoms. The predicted molar refractivity (Wildman–Crippen MR) is 67.9 cm³/mol. The van der Waals surface area contributed by atoms with Gasteiger partial charge in [-0.2, -0.15) is 0 Å². The highest BCUT2D eigenvalue weighted by Gasteiger charge is 2.06. The van der Waals surface area contributed by atoms with Crippen molar-refractivity contribution < 1.29 is 9.53 Å². The van der Waals surface area contributed by atoms with Gasteiger partial charge in [-0.25, -0.2) is 4.98 Å². The quantitative estimate of drug-likeness (QED) is 0.780. The summed E-state index contributed by atoms with van der Waals surface area (Å²) in [7, 11) is 1.65. The lowest BCUT2D eigenvalue weighted by molar-refractivity contribution is 0.102. The Bertz CT molecular complexity index is 534. The normalized spacial score (nSPS) is 10.2. The van der Waals surface area contributed by atoms with Crippen molar-refractivity contribution >= 4 is 17.1 Å². The van der Waals surface area contributed by atoms with Crippen LogP contribution in [0.1, 0.15) is 27.2 Å². The van der Waals surface area contributed by atoms with Gasteiger partial charge in [0.1, 0.15) is 5.75 Å². The molecule has 1 aromatic carbocycles. The van der Waals surface area contributed by atoms with Gasteiger partial charge in [0.05, 0.1) is 17.0 Å². The molecule has 88 valence electrons. The fraction of sp³-hybridized carbons (Fsp3) is 0.231. The van der Waals surface area contributed by atoms with Gasteiger partial charge in [-0.1, -0.05) is 12.1 Å². The highest BCUT2D eigenvalue weighted by atomic mass is 32.1. The maximum absolute atomic E-state index is 11.2. The number of methoxy groups -OCH3 is 1. The van der Waals surface area contributed by atoms with E-state index in [9.17, 15) is 4.79 Å². The van der Waals surface area contributed by atoms with Crippen LogP contribution in [0.3, 0.4) is 0 Å². The summed E-state index contributed by atoms with van der Waals surface area (Å²) in [4.78, 5) is 16.1. The summed E-state index contributed by atoms with van der Waals surface area (Å²) in [6.07, 6.45) is 2.37. The van der Waals surface area contributed by atoms with Crippen LogP contribution in [0, 0.1) is 0 Å². The lowest BCUT2D eigenvalue weighted by Crippen LogP contribution is -1.88. The molecular formula is C13H13NO2S. The fourth-order valence-electron chi connectivity index (χ4n) is 1.51. The maximum atomic E-state index is 11.2. The number of aromatic nitrogens is 1. The average molecular weight is 247 g/mol. The third-order valence-electron chi connectivity index (χ3n) is 2.39. The SMILES string of the molecule is COc1cccc(Cc2ncc(C(C)=O)s2)c1. The van der Waals surface area contributed by atoms with Crippen LogP contribution < -0.4 is 4.74 Å². The number of Topliss-reactive ketones (excluding diaryl/α,β-unsaturated/α-hetero) is 1. The molecule has 0 unspecified atom stereocenters. The Morgan fingerprint density at radius 3 is 2.94 bits per heavy atom. The number of ether oxygens (including phenoxy) is 1. The van der Waals surface area contributed by atoms with Crippen molar-refractivity contribution in [3.8, 4) is 5.75 Å². The summed E-state index contributed by atoms with van der Waals surface area (Å²) in [6, 6.07) is 7.87. The molecule has 0 N–H and O–H groups in total. The Morgan fingerprint density at radius 1 is 1.47 bits per heavy atom. The Hall–Kier alpha value is -1.68. The lowest BCUT2D eigenvalue weighted by Gasteiger charge is -2.02. The Kier molecular flexibility index (Phi) is 3.54. The summed E-state index contributed by atoms with van der Waals surface area (Å²) in [5.41, 5.74) is 1.13. The summed E-state index contributed by atoms with van der Waals surface area (Å²) < 4.78 is 5.16. The first-order valence-corrected chi connectivity index (χ1v) is 6.09. The number of hydrogen-bond acceptors (Lipinski definition) is 4. The molecule has 4 heteroatoms. The molecule has 0 amide bonds. The highest BCUT2D eigenvalue weighted by Crippen LogP contribution is 2.19. The van der Waals surface area contributed by atoms with E-state index < -0.39 is 0 Å². The van der Waals surface area contributed by atoms with Gasteiger partial charge >= 0.3 is 0 Å². The number of thiazole rings is 1. The molecule has 0 fully saturated rings. The molecule has 2 rings (SSSR count). The Balaban J connectivity index is 2.16. The third-order valence-corrected chi connectivity index (χ3v) is 3.49. The zero-order valence-electron chi connectivity index (χ0n) is 9.77.